The van der Waals surface area contributed by atoms with Crippen molar-refractivity contribution in [3.63, 3.8) is 0 Å². The van der Waals surface area contributed by atoms with Gasteiger partial charge in [0.2, 0.25) is 0 Å². The molecule has 1 aliphatic heterocycles. The number of hydrogen-bond donors (Lipinski definition) is 3. The molecule has 1 aromatic heterocycles. The number of quaternary nitrogens is 1. The molecule has 2 heterocycles. The summed E-state index contributed by atoms with van der Waals surface area (Å²) in [6.07, 6.45) is 1.04. The van der Waals surface area contributed by atoms with E-state index in [0.717, 1.165) is 19.5 Å². The van der Waals surface area contributed by atoms with Gasteiger partial charge < -0.3 is 15.5 Å². The predicted molar refractivity (Wildman–Crippen MR) is 98.4 cm³/mol. The number of hydrogen-bond acceptors (Lipinski definition) is 3. The number of carbonyl (C=O) groups is 2. The molecule has 3 rings (SSSR count). The largest absolute Gasteiger partial charge is 0.348 e. The van der Waals surface area contributed by atoms with Gasteiger partial charge in [0.25, 0.3) is 0 Å². The molecule has 1 unspecified atom stereocenters. The Labute approximate surface area is 152 Å². The Morgan fingerprint density at radius 2 is 1.88 bits per heavy atom. The van der Waals surface area contributed by atoms with Gasteiger partial charge in [-0.25, -0.2) is 0 Å². The number of carbonyl (C=O) groups excluding carboxylic acids is 2. The smallest absolute Gasteiger partial charge is 0.309 e. The first-order valence-corrected chi connectivity index (χ1v) is 9.57. The monoisotopic (exact) mass is 358 g/mol. The van der Waals surface area contributed by atoms with Crippen LogP contribution in [0.1, 0.15) is 29.0 Å². The van der Waals surface area contributed by atoms with Gasteiger partial charge in [0.1, 0.15) is 12.6 Å². The minimum absolute atomic E-state index is 0.159. The second-order valence-electron chi connectivity index (χ2n) is 6.24. The van der Waals surface area contributed by atoms with Gasteiger partial charge in [0, 0.05) is 18.5 Å². The normalized spacial score (nSPS) is 17.4. The molecule has 0 aliphatic carbocycles. The molecule has 0 saturated heterocycles. The minimum Gasteiger partial charge on any atom is -0.348 e. The summed E-state index contributed by atoms with van der Waals surface area (Å²) >= 11 is 1.70. The van der Waals surface area contributed by atoms with E-state index in [4.69, 9.17) is 0 Å². The van der Waals surface area contributed by atoms with Crippen LogP contribution < -0.4 is 15.5 Å². The van der Waals surface area contributed by atoms with Crippen molar-refractivity contribution < 1.29 is 14.5 Å². The molecule has 5 nitrogen and oxygen atoms in total. The van der Waals surface area contributed by atoms with Crippen molar-refractivity contribution in [2.24, 2.45) is 0 Å². The van der Waals surface area contributed by atoms with Crippen molar-refractivity contribution in [3.05, 3.63) is 57.8 Å². The predicted octanol–water partition coefficient (Wildman–Crippen LogP) is 0.683. The molecule has 25 heavy (non-hydrogen) atoms. The van der Waals surface area contributed by atoms with E-state index in [1.165, 1.54) is 20.9 Å². The highest BCUT2D eigenvalue weighted by molar-refractivity contribution is 7.10. The number of thiophene rings is 1. The van der Waals surface area contributed by atoms with E-state index in [2.05, 4.69) is 46.3 Å². The van der Waals surface area contributed by atoms with Crippen LogP contribution in [0.4, 0.5) is 0 Å². The Bertz CT molecular complexity index is 730. The van der Waals surface area contributed by atoms with E-state index in [1.54, 1.807) is 18.3 Å². The third-order valence-corrected chi connectivity index (χ3v) is 5.63. The van der Waals surface area contributed by atoms with Crippen LogP contribution in [-0.4, -0.2) is 31.4 Å². The van der Waals surface area contributed by atoms with Crippen LogP contribution in [0.25, 0.3) is 0 Å². The quantitative estimate of drug-likeness (QED) is 0.689. The van der Waals surface area contributed by atoms with Gasteiger partial charge in [-0.15, -0.1) is 11.3 Å². The van der Waals surface area contributed by atoms with E-state index in [1.807, 2.05) is 6.07 Å². The van der Waals surface area contributed by atoms with Gasteiger partial charge in [0.05, 0.1) is 18.0 Å². The summed E-state index contributed by atoms with van der Waals surface area (Å²) in [7, 11) is 0. The van der Waals surface area contributed by atoms with Crippen molar-refractivity contribution in [2.75, 3.05) is 19.6 Å². The lowest BCUT2D eigenvalue weighted by Crippen LogP contribution is -3.12. The zero-order valence-corrected chi connectivity index (χ0v) is 15.2. The lowest BCUT2D eigenvalue weighted by atomic mass is 9.98. The number of rotatable bonds is 5. The van der Waals surface area contributed by atoms with Crippen molar-refractivity contribution in [2.45, 2.75) is 25.9 Å². The Kier molecular flexibility index (Phi) is 5.83. The molecule has 132 valence electrons. The molecule has 0 radical (unpaired) electrons. The maximum atomic E-state index is 12.0. The van der Waals surface area contributed by atoms with Crippen LogP contribution in [0.15, 0.2) is 41.8 Å². The summed E-state index contributed by atoms with van der Waals surface area (Å²) in [4.78, 5) is 26.3. The Balaban J connectivity index is 1.71. The highest BCUT2D eigenvalue weighted by Crippen LogP contribution is 2.18. The van der Waals surface area contributed by atoms with Crippen molar-refractivity contribution in [3.8, 4) is 0 Å². The summed E-state index contributed by atoms with van der Waals surface area (Å²) in [5.41, 5.74) is 2.79. The van der Waals surface area contributed by atoms with Crippen molar-refractivity contribution >= 4 is 23.2 Å². The van der Waals surface area contributed by atoms with Crippen LogP contribution >= 0.6 is 11.3 Å². The molecule has 1 aliphatic rings. The van der Waals surface area contributed by atoms with Gasteiger partial charge in [0.15, 0.2) is 0 Å². The molecule has 2 aromatic rings. The molecule has 2 amide bonds. The van der Waals surface area contributed by atoms with Gasteiger partial charge in [-0.05, 0) is 23.9 Å². The first-order valence-electron chi connectivity index (χ1n) is 8.69. The summed E-state index contributed by atoms with van der Waals surface area (Å²) < 4.78 is 0. The molecule has 0 fully saturated rings. The molecule has 6 heteroatoms. The number of amides is 2. The third-order valence-electron chi connectivity index (χ3n) is 4.64. The average molecular weight is 358 g/mol. The number of fused-ring (bicyclic) bond motifs is 1. The lowest BCUT2D eigenvalue weighted by Gasteiger charge is -2.32. The fourth-order valence-electron chi connectivity index (χ4n) is 3.35. The molecule has 0 saturated carbocycles. The van der Waals surface area contributed by atoms with Crippen LogP contribution in [0.5, 0.6) is 0 Å². The Morgan fingerprint density at radius 3 is 2.60 bits per heavy atom. The maximum Gasteiger partial charge on any atom is 0.309 e. The molecule has 0 spiro atoms. The zero-order chi connectivity index (χ0) is 17.6. The van der Waals surface area contributed by atoms with E-state index < -0.39 is 11.8 Å². The van der Waals surface area contributed by atoms with Gasteiger partial charge in [-0.3, -0.25) is 9.59 Å². The van der Waals surface area contributed by atoms with Crippen molar-refractivity contribution in [1.29, 1.82) is 0 Å². The molecule has 0 bridgehead atoms. The van der Waals surface area contributed by atoms with E-state index in [0.29, 0.717) is 13.1 Å². The fraction of sp³-hybridized carbons (Fsp3) is 0.368. The summed E-state index contributed by atoms with van der Waals surface area (Å²) in [6.45, 7) is 4.68. The third kappa shape index (κ3) is 4.27. The Morgan fingerprint density at radius 1 is 1.12 bits per heavy atom. The van der Waals surface area contributed by atoms with E-state index >= 15 is 0 Å². The van der Waals surface area contributed by atoms with Gasteiger partial charge in [-0.1, -0.05) is 30.3 Å². The van der Waals surface area contributed by atoms with Crippen LogP contribution in [0, 0.1) is 0 Å². The first-order chi connectivity index (χ1) is 12.2. The molecular formula is C19H24N3O2S+. The summed E-state index contributed by atoms with van der Waals surface area (Å²) in [6, 6.07) is 12.9. The molecule has 2 atom stereocenters. The van der Waals surface area contributed by atoms with Crippen LogP contribution in [-0.2, 0) is 22.6 Å². The second kappa shape index (κ2) is 8.27. The standard InChI is InChI=1S/C19H23N3O2S/c1-2-20-18(23)19(24)21-12-16(17-8-5-11-25-17)22-10-9-14-6-3-4-7-15(14)13-22/h3-8,11,16H,2,9-10,12-13H2,1H3,(H,20,23)(H,21,24)/p+1/t16-/m1/s1. The first kappa shape index (κ1) is 17.6. The topological polar surface area (TPSA) is 62.6 Å². The summed E-state index contributed by atoms with van der Waals surface area (Å²) in [5.74, 6) is -1.12. The average Bonchev–Trinajstić information content (AvgIpc) is 3.16. The summed E-state index contributed by atoms with van der Waals surface area (Å²) in [5, 5.41) is 7.41. The molecular weight excluding hydrogens is 334 g/mol. The van der Waals surface area contributed by atoms with Gasteiger partial charge in [-0.2, -0.15) is 0 Å². The van der Waals surface area contributed by atoms with Crippen molar-refractivity contribution in [1.82, 2.24) is 10.6 Å². The Hall–Kier alpha value is -2.18. The highest BCUT2D eigenvalue weighted by atomic mass is 32.1. The van der Waals surface area contributed by atoms with Crippen LogP contribution in [0.3, 0.4) is 0 Å². The minimum atomic E-state index is -0.564. The second-order valence-corrected chi connectivity index (χ2v) is 7.22. The van der Waals surface area contributed by atoms with E-state index in [9.17, 15) is 9.59 Å². The SMILES string of the molecule is CCNC(=O)C(=O)NC[C@H](c1cccs1)[NH+]1CCc2ccccc2C1. The van der Waals surface area contributed by atoms with Gasteiger partial charge >= 0.3 is 11.8 Å². The number of benzene rings is 1. The lowest BCUT2D eigenvalue weighted by molar-refractivity contribution is -0.945. The molecule has 3 N–H and O–H groups in total. The fourth-order valence-corrected chi connectivity index (χ4v) is 4.24. The highest BCUT2D eigenvalue weighted by Gasteiger charge is 2.30. The number of likely N-dealkylation sites (N-methyl/N-ethyl adjacent to an activating group) is 1. The van der Waals surface area contributed by atoms with Crippen LogP contribution in [0.2, 0.25) is 0 Å². The number of nitrogens with one attached hydrogen (secondary N) is 3. The molecule has 1 aromatic carbocycles. The zero-order valence-electron chi connectivity index (χ0n) is 14.4. The maximum absolute atomic E-state index is 12.0. The van der Waals surface area contributed by atoms with E-state index in [-0.39, 0.29) is 6.04 Å².